The number of para-hydroxylation sites is 1. The second-order valence-corrected chi connectivity index (χ2v) is 7.19. The van der Waals surface area contributed by atoms with Crippen LogP contribution in [0.25, 0.3) is 26.2 Å². The lowest BCUT2D eigenvalue weighted by molar-refractivity contribution is 0.215. The summed E-state index contributed by atoms with van der Waals surface area (Å²) < 4.78 is 3.35. The zero-order valence-corrected chi connectivity index (χ0v) is 16.3. The van der Waals surface area contributed by atoms with E-state index in [-0.39, 0.29) is 0 Å². The molecule has 0 N–H and O–H groups in total. The first-order chi connectivity index (χ1) is 13.2. The molecule has 0 amide bonds. The maximum absolute atomic E-state index is 6.09. The minimum Gasteiger partial charge on any atom is -0.399 e. The molecule has 0 radical (unpaired) electrons. The standard InChI is InChI=1S/C20H16ClN3O2S/c1-25-22-11-15-19(13-7-9-14(21)10-8-13)17(12-23-26-2)24-16-5-3-4-6-18(16)27-20(15)24/h3-12H,1-2H3/b22-11-,23-12+. The van der Waals surface area contributed by atoms with Crippen LogP contribution < -0.4 is 0 Å². The van der Waals surface area contributed by atoms with Gasteiger partial charge in [0.1, 0.15) is 19.0 Å². The van der Waals surface area contributed by atoms with E-state index in [0.717, 1.165) is 32.7 Å². The van der Waals surface area contributed by atoms with E-state index >= 15 is 0 Å². The van der Waals surface area contributed by atoms with Gasteiger partial charge in [0.25, 0.3) is 0 Å². The van der Waals surface area contributed by atoms with Crippen LogP contribution in [-0.4, -0.2) is 31.0 Å². The van der Waals surface area contributed by atoms with Gasteiger partial charge >= 0.3 is 0 Å². The van der Waals surface area contributed by atoms with Crippen LogP contribution in [0.15, 0.2) is 58.8 Å². The molecule has 2 aromatic carbocycles. The Morgan fingerprint density at radius 3 is 2.41 bits per heavy atom. The molecule has 0 fully saturated rings. The Hall–Kier alpha value is -2.83. The quantitative estimate of drug-likeness (QED) is 0.333. The fourth-order valence-corrected chi connectivity index (χ4v) is 4.43. The van der Waals surface area contributed by atoms with Crippen molar-refractivity contribution in [3.63, 3.8) is 0 Å². The maximum atomic E-state index is 6.09. The number of aromatic nitrogens is 1. The van der Waals surface area contributed by atoms with Crippen molar-refractivity contribution in [2.24, 2.45) is 10.3 Å². The first-order valence-corrected chi connectivity index (χ1v) is 9.39. The summed E-state index contributed by atoms with van der Waals surface area (Å²) in [5.74, 6) is 0. The Labute approximate surface area is 165 Å². The molecule has 2 heterocycles. The van der Waals surface area contributed by atoms with E-state index in [0.29, 0.717) is 5.02 Å². The van der Waals surface area contributed by atoms with Gasteiger partial charge in [-0.3, -0.25) is 4.40 Å². The SMILES string of the molecule is CO/N=C\c1c(-c2ccc(Cl)cc2)c(/C=N/OC)n2c1sc1ccccc12. The van der Waals surface area contributed by atoms with E-state index in [1.54, 1.807) is 23.8 Å². The summed E-state index contributed by atoms with van der Waals surface area (Å²) in [6, 6.07) is 16.0. The lowest BCUT2D eigenvalue weighted by Gasteiger charge is -2.05. The van der Waals surface area contributed by atoms with Gasteiger partial charge in [-0.25, -0.2) is 0 Å². The van der Waals surface area contributed by atoms with Crippen LogP contribution in [-0.2, 0) is 9.68 Å². The molecule has 4 aromatic rings. The third kappa shape index (κ3) is 3.07. The number of hydrogen-bond acceptors (Lipinski definition) is 5. The first kappa shape index (κ1) is 17.6. The maximum Gasteiger partial charge on any atom is 0.110 e. The molecule has 136 valence electrons. The highest BCUT2D eigenvalue weighted by atomic mass is 35.5. The first-order valence-electron chi connectivity index (χ1n) is 8.19. The minimum absolute atomic E-state index is 0.685. The molecule has 0 aliphatic carbocycles. The number of halogens is 1. The van der Waals surface area contributed by atoms with Crippen LogP contribution in [0.4, 0.5) is 0 Å². The smallest absolute Gasteiger partial charge is 0.110 e. The zero-order valence-electron chi connectivity index (χ0n) is 14.7. The van der Waals surface area contributed by atoms with Crippen molar-refractivity contribution in [3.05, 3.63) is 64.8 Å². The Morgan fingerprint density at radius 1 is 0.963 bits per heavy atom. The molecule has 27 heavy (non-hydrogen) atoms. The third-order valence-electron chi connectivity index (χ3n) is 4.21. The zero-order chi connectivity index (χ0) is 18.8. The number of oxime groups is 2. The molecule has 4 rings (SSSR count). The van der Waals surface area contributed by atoms with Crippen LogP contribution in [0.2, 0.25) is 5.02 Å². The summed E-state index contributed by atoms with van der Waals surface area (Å²) in [7, 11) is 3.06. The second-order valence-electron chi connectivity index (χ2n) is 5.73. The van der Waals surface area contributed by atoms with Gasteiger partial charge in [-0.2, -0.15) is 0 Å². The summed E-state index contributed by atoms with van der Waals surface area (Å²) in [5, 5.41) is 8.74. The minimum atomic E-state index is 0.685. The van der Waals surface area contributed by atoms with Gasteiger partial charge in [0.05, 0.1) is 28.3 Å². The molecule has 0 atom stereocenters. The molecule has 0 bridgehead atoms. The van der Waals surface area contributed by atoms with Crippen molar-refractivity contribution in [3.8, 4) is 11.1 Å². The van der Waals surface area contributed by atoms with Crippen LogP contribution in [0, 0.1) is 0 Å². The number of benzene rings is 2. The molecule has 0 saturated carbocycles. The van der Waals surface area contributed by atoms with E-state index in [1.165, 1.54) is 18.9 Å². The molecular formula is C20H16ClN3O2S. The molecule has 5 nitrogen and oxygen atoms in total. The molecular weight excluding hydrogens is 382 g/mol. The summed E-state index contributed by atoms with van der Waals surface area (Å²) in [5.41, 5.74) is 4.96. The van der Waals surface area contributed by atoms with Gasteiger partial charge in [0.15, 0.2) is 0 Å². The van der Waals surface area contributed by atoms with E-state index in [4.69, 9.17) is 21.3 Å². The molecule has 0 saturated heterocycles. The number of thiazole rings is 1. The number of fused-ring (bicyclic) bond motifs is 3. The van der Waals surface area contributed by atoms with Crippen molar-refractivity contribution >= 4 is 50.4 Å². The highest BCUT2D eigenvalue weighted by Crippen LogP contribution is 2.38. The normalized spacial score (nSPS) is 12.0. The van der Waals surface area contributed by atoms with Crippen LogP contribution in [0.3, 0.4) is 0 Å². The summed E-state index contributed by atoms with van der Waals surface area (Å²) >= 11 is 7.78. The average molecular weight is 398 g/mol. The van der Waals surface area contributed by atoms with Crippen LogP contribution >= 0.6 is 22.9 Å². The van der Waals surface area contributed by atoms with Crippen LogP contribution in [0.1, 0.15) is 11.3 Å². The summed E-state index contributed by atoms with van der Waals surface area (Å²) in [4.78, 5) is 11.0. The van der Waals surface area contributed by atoms with Crippen molar-refractivity contribution in [2.45, 2.75) is 0 Å². The Balaban J connectivity index is 2.13. The lowest BCUT2D eigenvalue weighted by atomic mass is 10.0. The average Bonchev–Trinajstić information content (AvgIpc) is 3.20. The van der Waals surface area contributed by atoms with E-state index in [1.807, 2.05) is 36.4 Å². The largest absolute Gasteiger partial charge is 0.399 e. The summed E-state index contributed by atoms with van der Waals surface area (Å²) in [6.07, 6.45) is 3.46. The van der Waals surface area contributed by atoms with Gasteiger partial charge in [0, 0.05) is 16.1 Å². The van der Waals surface area contributed by atoms with Crippen molar-refractivity contribution in [1.82, 2.24) is 4.40 Å². The third-order valence-corrected chi connectivity index (χ3v) is 5.63. The van der Waals surface area contributed by atoms with Gasteiger partial charge in [0.2, 0.25) is 0 Å². The number of hydrogen-bond donors (Lipinski definition) is 0. The van der Waals surface area contributed by atoms with Gasteiger partial charge in [-0.1, -0.05) is 46.2 Å². The van der Waals surface area contributed by atoms with E-state index in [9.17, 15) is 0 Å². The highest BCUT2D eigenvalue weighted by molar-refractivity contribution is 7.24. The fourth-order valence-electron chi connectivity index (χ4n) is 3.13. The fraction of sp³-hybridized carbons (Fsp3) is 0.100. The highest BCUT2D eigenvalue weighted by Gasteiger charge is 2.21. The molecule has 7 heteroatoms. The molecule has 0 spiro atoms. The lowest BCUT2D eigenvalue weighted by Crippen LogP contribution is -1.93. The number of nitrogens with zero attached hydrogens (tertiary/aromatic N) is 3. The molecule has 0 aliphatic rings. The van der Waals surface area contributed by atoms with E-state index in [2.05, 4.69) is 26.8 Å². The number of rotatable bonds is 5. The van der Waals surface area contributed by atoms with Crippen molar-refractivity contribution < 1.29 is 9.68 Å². The molecule has 0 aliphatic heterocycles. The predicted octanol–water partition coefficient (Wildman–Crippen LogP) is 5.44. The van der Waals surface area contributed by atoms with Crippen molar-refractivity contribution in [2.75, 3.05) is 14.2 Å². The van der Waals surface area contributed by atoms with Gasteiger partial charge < -0.3 is 9.68 Å². The van der Waals surface area contributed by atoms with Crippen molar-refractivity contribution in [1.29, 1.82) is 0 Å². The topological polar surface area (TPSA) is 47.6 Å². The van der Waals surface area contributed by atoms with E-state index < -0.39 is 0 Å². The van der Waals surface area contributed by atoms with Crippen LogP contribution in [0.5, 0.6) is 0 Å². The Morgan fingerprint density at radius 2 is 1.67 bits per heavy atom. The Bertz CT molecular complexity index is 1160. The molecule has 2 aromatic heterocycles. The second kappa shape index (κ2) is 7.42. The molecule has 0 unspecified atom stereocenters. The van der Waals surface area contributed by atoms with Gasteiger partial charge in [-0.15, -0.1) is 11.3 Å². The van der Waals surface area contributed by atoms with Gasteiger partial charge in [-0.05, 0) is 29.8 Å². The summed E-state index contributed by atoms with van der Waals surface area (Å²) in [6.45, 7) is 0. The Kier molecular flexibility index (Phi) is 4.83. The monoisotopic (exact) mass is 397 g/mol. The predicted molar refractivity (Wildman–Crippen MR) is 112 cm³/mol.